The quantitative estimate of drug-likeness (QED) is 0.209. The van der Waals surface area contributed by atoms with Gasteiger partial charge in [-0.3, -0.25) is 0 Å². The lowest BCUT2D eigenvalue weighted by Gasteiger charge is -2.37. The van der Waals surface area contributed by atoms with Crippen molar-refractivity contribution in [3.8, 4) is 45.3 Å². The first kappa shape index (κ1) is 26.2. The largest absolute Gasteiger partial charge is 0.208 e. The number of aromatic nitrogens is 3. The molecule has 6 aromatic rings. The Morgan fingerprint density at radius 1 is 0.545 bits per heavy atom. The molecule has 3 nitrogen and oxygen atoms in total. The third kappa shape index (κ3) is 4.24. The van der Waals surface area contributed by atoms with E-state index in [0.717, 1.165) is 23.1 Å². The summed E-state index contributed by atoms with van der Waals surface area (Å²) in [6, 6.07) is 47.0. The highest BCUT2D eigenvalue weighted by atomic mass is 15.0. The van der Waals surface area contributed by atoms with E-state index in [1.165, 1.54) is 33.4 Å². The van der Waals surface area contributed by atoms with Gasteiger partial charge >= 0.3 is 0 Å². The number of hydrogen-bond acceptors (Lipinski definition) is 3. The van der Waals surface area contributed by atoms with Crippen LogP contribution in [-0.4, -0.2) is 15.0 Å². The van der Waals surface area contributed by atoms with Gasteiger partial charge in [-0.05, 0) is 46.2 Å². The van der Waals surface area contributed by atoms with Crippen molar-refractivity contribution in [2.45, 2.75) is 18.8 Å². The van der Waals surface area contributed by atoms with E-state index in [-0.39, 0.29) is 0 Å². The van der Waals surface area contributed by atoms with Gasteiger partial charge in [-0.2, -0.15) is 0 Å². The molecular formula is C41H31N3. The Kier molecular flexibility index (Phi) is 6.38. The molecule has 0 amide bonds. The van der Waals surface area contributed by atoms with Crippen molar-refractivity contribution >= 4 is 0 Å². The molecule has 0 saturated heterocycles. The minimum absolute atomic E-state index is 0.417. The van der Waals surface area contributed by atoms with Crippen LogP contribution in [0.4, 0.5) is 0 Å². The highest BCUT2D eigenvalue weighted by molar-refractivity contribution is 5.88. The molecule has 0 spiro atoms. The minimum Gasteiger partial charge on any atom is -0.208 e. The maximum Gasteiger partial charge on any atom is 0.164 e. The number of nitrogens with zero attached hydrogens (tertiary/aromatic N) is 3. The molecule has 2 atom stereocenters. The molecule has 3 heteroatoms. The Bertz CT molecular complexity index is 1990. The summed E-state index contributed by atoms with van der Waals surface area (Å²) in [6.45, 7) is 2.31. The first-order chi connectivity index (χ1) is 21.7. The maximum absolute atomic E-state index is 5.07. The maximum atomic E-state index is 5.07. The average molecular weight is 566 g/mol. The SMILES string of the molecule is CC1C=CC=C(C2(c3ccccc3)c3ccccc3-c3ccc(-c4nc(-c5ccccc5)nc(-c5ccccc5)n4)cc32)C1. The van der Waals surface area contributed by atoms with Crippen LogP contribution in [0.2, 0.25) is 0 Å². The minimum atomic E-state index is -0.417. The fraction of sp³-hybridized carbons (Fsp3) is 0.0976. The Labute approximate surface area is 258 Å². The van der Waals surface area contributed by atoms with Crippen LogP contribution in [-0.2, 0) is 5.41 Å². The number of fused-ring (bicyclic) bond motifs is 3. The lowest BCUT2D eigenvalue weighted by molar-refractivity contribution is 0.615. The van der Waals surface area contributed by atoms with Gasteiger partial charge in [0.15, 0.2) is 17.5 Å². The standard InChI is InChI=1S/C41H31N3/c1-28-14-13-21-33(26-28)41(32-19-9-4-10-20-32)36-23-12-11-22-34(36)35-25-24-31(27-37(35)41)40-43-38(29-15-5-2-6-16-29)42-39(44-40)30-17-7-3-8-18-30/h2-25,27-28H,26H2,1H3. The van der Waals surface area contributed by atoms with Crippen molar-refractivity contribution in [1.29, 1.82) is 0 Å². The highest BCUT2D eigenvalue weighted by Crippen LogP contribution is 2.58. The van der Waals surface area contributed by atoms with Gasteiger partial charge in [0.05, 0.1) is 5.41 Å². The number of benzene rings is 5. The van der Waals surface area contributed by atoms with Gasteiger partial charge in [0.1, 0.15) is 0 Å². The Hall–Kier alpha value is -5.41. The molecule has 8 rings (SSSR count). The second-order valence-electron chi connectivity index (χ2n) is 11.7. The Balaban J connectivity index is 1.40. The highest BCUT2D eigenvalue weighted by Gasteiger charge is 2.47. The van der Waals surface area contributed by atoms with Crippen molar-refractivity contribution in [3.63, 3.8) is 0 Å². The number of rotatable bonds is 5. The summed E-state index contributed by atoms with van der Waals surface area (Å²) < 4.78 is 0. The summed E-state index contributed by atoms with van der Waals surface area (Å²) in [5.41, 5.74) is 10.3. The summed E-state index contributed by atoms with van der Waals surface area (Å²) in [5, 5.41) is 0. The van der Waals surface area contributed by atoms with Crippen molar-refractivity contribution in [2.75, 3.05) is 0 Å². The Morgan fingerprint density at radius 2 is 1.09 bits per heavy atom. The molecule has 0 radical (unpaired) electrons. The summed E-state index contributed by atoms with van der Waals surface area (Å²) in [6.07, 6.45) is 7.88. The molecule has 2 aliphatic carbocycles. The van der Waals surface area contributed by atoms with Gasteiger partial charge in [0, 0.05) is 16.7 Å². The van der Waals surface area contributed by atoms with E-state index in [9.17, 15) is 0 Å². The second-order valence-corrected chi connectivity index (χ2v) is 11.7. The van der Waals surface area contributed by atoms with Crippen LogP contribution in [0.5, 0.6) is 0 Å². The zero-order valence-electron chi connectivity index (χ0n) is 24.6. The molecular weight excluding hydrogens is 534 g/mol. The molecule has 2 aliphatic rings. The first-order valence-corrected chi connectivity index (χ1v) is 15.3. The van der Waals surface area contributed by atoms with Gasteiger partial charge in [0.2, 0.25) is 0 Å². The summed E-state index contributed by atoms with van der Waals surface area (Å²) in [5.74, 6) is 2.47. The van der Waals surface area contributed by atoms with Gasteiger partial charge in [0.25, 0.3) is 0 Å². The van der Waals surface area contributed by atoms with Crippen LogP contribution < -0.4 is 0 Å². The molecule has 1 aromatic heterocycles. The summed E-state index contributed by atoms with van der Waals surface area (Å²) in [7, 11) is 0. The Morgan fingerprint density at radius 3 is 1.73 bits per heavy atom. The van der Waals surface area contributed by atoms with Crippen LogP contribution >= 0.6 is 0 Å². The molecule has 0 fully saturated rings. The number of allylic oxidation sites excluding steroid dienone is 4. The molecule has 1 heterocycles. The van der Waals surface area contributed by atoms with E-state index in [4.69, 9.17) is 15.0 Å². The predicted octanol–water partition coefficient (Wildman–Crippen LogP) is 9.71. The third-order valence-corrected chi connectivity index (χ3v) is 8.97. The lowest BCUT2D eigenvalue weighted by Crippen LogP contribution is -2.31. The monoisotopic (exact) mass is 565 g/mol. The van der Waals surface area contributed by atoms with E-state index in [1.807, 2.05) is 36.4 Å². The van der Waals surface area contributed by atoms with Gasteiger partial charge < -0.3 is 0 Å². The average Bonchev–Trinajstić information content (AvgIpc) is 3.40. The molecule has 5 aromatic carbocycles. The van der Waals surface area contributed by atoms with Crippen LogP contribution in [0.25, 0.3) is 45.3 Å². The van der Waals surface area contributed by atoms with E-state index < -0.39 is 5.41 Å². The van der Waals surface area contributed by atoms with Crippen molar-refractivity contribution in [3.05, 3.63) is 174 Å². The van der Waals surface area contributed by atoms with Gasteiger partial charge in [-0.1, -0.05) is 158 Å². The van der Waals surface area contributed by atoms with Crippen molar-refractivity contribution in [2.24, 2.45) is 5.92 Å². The first-order valence-electron chi connectivity index (χ1n) is 15.3. The number of hydrogen-bond donors (Lipinski definition) is 0. The van der Waals surface area contributed by atoms with Crippen LogP contribution in [0.3, 0.4) is 0 Å². The van der Waals surface area contributed by atoms with E-state index in [2.05, 4.69) is 122 Å². The lowest BCUT2D eigenvalue weighted by atomic mass is 9.64. The third-order valence-electron chi connectivity index (χ3n) is 8.97. The van der Waals surface area contributed by atoms with E-state index in [0.29, 0.717) is 23.4 Å². The normalized spacial score (nSPS) is 18.4. The van der Waals surface area contributed by atoms with E-state index in [1.54, 1.807) is 0 Å². The summed E-state index contributed by atoms with van der Waals surface area (Å²) >= 11 is 0. The smallest absolute Gasteiger partial charge is 0.164 e. The summed E-state index contributed by atoms with van der Waals surface area (Å²) in [4.78, 5) is 15.1. The van der Waals surface area contributed by atoms with Crippen molar-refractivity contribution < 1.29 is 0 Å². The zero-order chi connectivity index (χ0) is 29.5. The van der Waals surface area contributed by atoms with E-state index >= 15 is 0 Å². The molecule has 44 heavy (non-hydrogen) atoms. The van der Waals surface area contributed by atoms with Crippen molar-refractivity contribution in [1.82, 2.24) is 15.0 Å². The fourth-order valence-electron chi connectivity index (χ4n) is 7.01. The predicted molar refractivity (Wildman–Crippen MR) is 179 cm³/mol. The topological polar surface area (TPSA) is 38.7 Å². The molecule has 210 valence electrons. The molecule has 0 aliphatic heterocycles. The van der Waals surface area contributed by atoms with Crippen LogP contribution in [0, 0.1) is 5.92 Å². The molecule has 0 bridgehead atoms. The van der Waals surface area contributed by atoms with Gasteiger partial charge in [-0.15, -0.1) is 0 Å². The van der Waals surface area contributed by atoms with Gasteiger partial charge in [-0.25, -0.2) is 15.0 Å². The molecule has 0 saturated carbocycles. The second kappa shape index (κ2) is 10.7. The molecule has 2 unspecified atom stereocenters. The zero-order valence-corrected chi connectivity index (χ0v) is 24.6. The molecule has 0 N–H and O–H groups in total. The fourth-order valence-corrected chi connectivity index (χ4v) is 7.01. The van der Waals surface area contributed by atoms with Crippen LogP contribution in [0.15, 0.2) is 157 Å². The van der Waals surface area contributed by atoms with Crippen LogP contribution in [0.1, 0.15) is 30.0 Å².